The van der Waals surface area contributed by atoms with Gasteiger partial charge in [-0.3, -0.25) is 5.43 Å². The Bertz CT molecular complexity index is 1030. The minimum Gasteiger partial charge on any atom is -0.357 e. The summed E-state index contributed by atoms with van der Waals surface area (Å²) >= 11 is 7.09. The van der Waals surface area contributed by atoms with Gasteiger partial charge in [0.25, 0.3) is 0 Å². The molecule has 3 aromatic carbocycles. The Balaban J connectivity index is 1.40. The predicted octanol–water partition coefficient (Wildman–Crippen LogP) is 5.28. The van der Waals surface area contributed by atoms with Gasteiger partial charge in [-0.25, -0.2) is 0 Å². The van der Waals surface area contributed by atoms with Gasteiger partial charge in [0.2, 0.25) is 0 Å². The first-order valence-electron chi connectivity index (χ1n) is 8.99. The molecular formula is C22H20N4S2. The third-order valence-electron chi connectivity index (χ3n) is 4.39. The van der Waals surface area contributed by atoms with E-state index in [1.54, 1.807) is 11.8 Å². The molecule has 0 aliphatic carbocycles. The van der Waals surface area contributed by atoms with Crippen LogP contribution in [-0.2, 0) is 6.54 Å². The van der Waals surface area contributed by atoms with Gasteiger partial charge >= 0.3 is 0 Å². The summed E-state index contributed by atoms with van der Waals surface area (Å²) in [5, 5.41) is 11.6. The molecule has 0 amide bonds. The highest BCUT2D eigenvalue weighted by molar-refractivity contribution is 7.99. The minimum absolute atomic E-state index is 0.503. The molecule has 0 bridgehead atoms. The highest BCUT2D eigenvalue weighted by Crippen LogP contribution is 2.44. The number of nitrogens with one attached hydrogen (secondary N) is 3. The topological polar surface area (TPSA) is 48.5 Å². The molecule has 1 aliphatic heterocycles. The number of anilines is 2. The molecular weight excluding hydrogens is 384 g/mol. The van der Waals surface area contributed by atoms with Gasteiger partial charge in [0, 0.05) is 16.3 Å². The van der Waals surface area contributed by atoms with Crippen molar-refractivity contribution in [1.29, 1.82) is 0 Å². The quantitative estimate of drug-likeness (QED) is 0.245. The number of thiocarbonyl (C=S) groups is 1. The lowest BCUT2D eigenvalue weighted by atomic mass is 10.1. The van der Waals surface area contributed by atoms with E-state index in [0.717, 1.165) is 22.6 Å². The van der Waals surface area contributed by atoms with E-state index in [-0.39, 0.29) is 0 Å². The standard InChI is InChI=1S/C22H20N4S2/c1-15(25-26-22(27)23-14-16-7-3-2-4-8-16)17-11-12-21-19(13-17)24-18-9-5-6-10-20(18)28-21/h2-13,24H,14H2,1H3,(H2,23,26,27)/b25-15-. The molecule has 1 aliphatic rings. The van der Waals surface area contributed by atoms with E-state index in [4.69, 9.17) is 12.2 Å². The van der Waals surface area contributed by atoms with Crippen LogP contribution in [-0.4, -0.2) is 10.8 Å². The molecule has 0 unspecified atom stereocenters. The number of hydrazone groups is 1. The fourth-order valence-electron chi connectivity index (χ4n) is 2.88. The van der Waals surface area contributed by atoms with Gasteiger partial charge < -0.3 is 10.6 Å². The van der Waals surface area contributed by atoms with Crippen molar-refractivity contribution >= 4 is 46.2 Å². The van der Waals surface area contributed by atoms with Crippen molar-refractivity contribution < 1.29 is 0 Å². The molecule has 0 saturated heterocycles. The van der Waals surface area contributed by atoms with Crippen LogP contribution in [0.25, 0.3) is 0 Å². The summed E-state index contributed by atoms with van der Waals surface area (Å²) in [5.41, 5.74) is 8.25. The van der Waals surface area contributed by atoms with Gasteiger partial charge in [0.15, 0.2) is 5.11 Å². The van der Waals surface area contributed by atoms with Crippen molar-refractivity contribution in [3.63, 3.8) is 0 Å². The maximum Gasteiger partial charge on any atom is 0.187 e. The summed E-state index contributed by atoms with van der Waals surface area (Å²) in [6.45, 7) is 2.64. The third kappa shape index (κ3) is 4.35. The Kier molecular flexibility index (Phi) is 5.60. The van der Waals surface area contributed by atoms with Crippen molar-refractivity contribution in [2.45, 2.75) is 23.3 Å². The molecule has 4 rings (SSSR count). The Morgan fingerprint density at radius 1 is 0.964 bits per heavy atom. The zero-order chi connectivity index (χ0) is 19.3. The fourth-order valence-corrected chi connectivity index (χ4v) is 3.97. The van der Waals surface area contributed by atoms with Gasteiger partial charge in [0.05, 0.1) is 17.1 Å². The number of rotatable bonds is 4. The second-order valence-electron chi connectivity index (χ2n) is 6.41. The van der Waals surface area contributed by atoms with Crippen LogP contribution in [0.2, 0.25) is 0 Å². The van der Waals surface area contributed by atoms with Crippen LogP contribution in [0.4, 0.5) is 11.4 Å². The van der Waals surface area contributed by atoms with E-state index < -0.39 is 0 Å². The number of para-hydroxylation sites is 1. The van der Waals surface area contributed by atoms with Gasteiger partial charge in [-0.05, 0) is 54.5 Å². The largest absolute Gasteiger partial charge is 0.357 e. The lowest BCUT2D eigenvalue weighted by Gasteiger charge is -2.21. The Morgan fingerprint density at radius 2 is 1.71 bits per heavy atom. The van der Waals surface area contributed by atoms with Crippen molar-refractivity contribution in [3.05, 3.63) is 83.9 Å². The first-order chi connectivity index (χ1) is 13.7. The maximum atomic E-state index is 5.32. The van der Waals surface area contributed by atoms with Crippen molar-refractivity contribution in [2.24, 2.45) is 5.10 Å². The lowest BCUT2D eigenvalue weighted by Crippen LogP contribution is -2.32. The summed E-state index contributed by atoms with van der Waals surface area (Å²) in [6.07, 6.45) is 0. The molecule has 6 heteroatoms. The number of nitrogens with zero attached hydrogens (tertiary/aromatic N) is 1. The number of hydrogen-bond donors (Lipinski definition) is 3. The Labute approximate surface area is 174 Å². The van der Waals surface area contributed by atoms with Crippen molar-refractivity contribution in [2.75, 3.05) is 5.32 Å². The zero-order valence-electron chi connectivity index (χ0n) is 15.4. The molecule has 0 fully saturated rings. The van der Waals surface area contributed by atoms with Gasteiger partial charge in [-0.2, -0.15) is 5.10 Å². The van der Waals surface area contributed by atoms with Crippen LogP contribution >= 0.6 is 24.0 Å². The van der Waals surface area contributed by atoms with Crippen molar-refractivity contribution in [1.82, 2.24) is 10.7 Å². The van der Waals surface area contributed by atoms with Gasteiger partial charge in [-0.15, -0.1) is 0 Å². The molecule has 0 radical (unpaired) electrons. The summed E-state index contributed by atoms with van der Waals surface area (Å²) in [4.78, 5) is 2.45. The number of fused-ring (bicyclic) bond motifs is 2. The average molecular weight is 405 g/mol. The fraction of sp³-hybridized carbons (Fsp3) is 0.0909. The average Bonchev–Trinajstić information content (AvgIpc) is 2.74. The number of benzene rings is 3. The molecule has 0 saturated carbocycles. The van der Waals surface area contributed by atoms with E-state index in [2.05, 4.69) is 69.7 Å². The van der Waals surface area contributed by atoms with Crippen LogP contribution in [0.3, 0.4) is 0 Å². The molecule has 0 spiro atoms. The molecule has 0 aromatic heterocycles. The number of hydrogen-bond acceptors (Lipinski definition) is 4. The van der Waals surface area contributed by atoms with Gasteiger partial charge in [0.1, 0.15) is 0 Å². The predicted molar refractivity (Wildman–Crippen MR) is 122 cm³/mol. The van der Waals surface area contributed by atoms with E-state index in [9.17, 15) is 0 Å². The van der Waals surface area contributed by atoms with Crippen LogP contribution in [0.15, 0.2) is 87.7 Å². The second-order valence-corrected chi connectivity index (χ2v) is 7.90. The first kappa shape index (κ1) is 18.5. The summed E-state index contributed by atoms with van der Waals surface area (Å²) in [7, 11) is 0. The normalized spacial score (nSPS) is 12.4. The van der Waals surface area contributed by atoms with Crippen LogP contribution in [0, 0.1) is 0 Å². The molecule has 140 valence electrons. The van der Waals surface area contributed by atoms with E-state index in [1.807, 2.05) is 31.2 Å². The monoisotopic (exact) mass is 404 g/mol. The van der Waals surface area contributed by atoms with E-state index in [1.165, 1.54) is 15.4 Å². The molecule has 3 aromatic rings. The van der Waals surface area contributed by atoms with Crippen LogP contribution in [0.1, 0.15) is 18.1 Å². The van der Waals surface area contributed by atoms with Crippen LogP contribution < -0.4 is 16.1 Å². The summed E-state index contributed by atoms with van der Waals surface area (Å²) in [6, 6.07) is 24.8. The molecule has 1 heterocycles. The molecule has 0 atom stereocenters. The highest BCUT2D eigenvalue weighted by Gasteiger charge is 2.15. The smallest absolute Gasteiger partial charge is 0.187 e. The zero-order valence-corrected chi connectivity index (χ0v) is 17.0. The molecule has 3 N–H and O–H groups in total. The first-order valence-corrected chi connectivity index (χ1v) is 10.2. The summed E-state index contributed by atoms with van der Waals surface area (Å²) in [5.74, 6) is 0. The third-order valence-corrected chi connectivity index (χ3v) is 5.78. The SMILES string of the molecule is C/C(=N/NC(=S)NCc1ccccc1)c1ccc2c(c1)Nc1ccccc1S2. The second kappa shape index (κ2) is 8.46. The Morgan fingerprint density at radius 3 is 2.57 bits per heavy atom. The van der Waals surface area contributed by atoms with Crippen LogP contribution in [0.5, 0.6) is 0 Å². The lowest BCUT2D eigenvalue weighted by molar-refractivity contribution is 0.866. The van der Waals surface area contributed by atoms with Gasteiger partial charge in [-0.1, -0.05) is 60.3 Å². The van der Waals surface area contributed by atoms with Crippen molar-refractivity contribution in [3.8, 4) is 0 Å². The Hall–Kier alpha value is -2.83. The maximum absolute atomic E-state index is 5.32. The van der Waals surface area contributed by atoms with E-state index >= 15 is 0 Å². The van der Waals surface area contributed by atoms with E-state index in [0.29, 0.717) is 11.7 Å². The molecule has 28 heavy (non-hydrogen) atoms. The summed E-state index contributed by atoms with van der Waals surface area (Å²) < 4.78 is 0. The minimum atomic E-state index is 0.503. The molecule has 4 nitrogen and oxygen atoms in total. The highest BCUT2D eigenvalue weighted by atomic mass is 32.2.